The summed E-state index contributed by atoms with van der Waals surface area (Å²) in [7, 11) is 0.304. The number of carbonyl (C=O) groups is 2. The molecule has 1 amide bonds. The Kier molecular flexibility index (Phi) is 8.04. The Hall–Kier alpha value is -2.13. The Balaban J connectivity index is 2.10. The van der Waals surface area contributed by atoms with Crippen molar-refractivity contribution in [3.63, 3.8) is 0 Å². The predicted molar refractivity (Wildman–Crippen MR) is 108 cm³/mol. The van der Waals surface area contributed by atoms with Crippen LogP contribution in [-0.4, -0.2) is 58.0 Å². The van der Waals surface area contributed by atoms with Crippen LogP contribution < -0.4 is 10.1 Å². The molecule has 0 aliphatic heterocycles. The zero-order chi connectivity index (χ0) is 21.6. The SMILES string of the molecule is COc1ccc(C(=O)O[C@H](C)C(=O)NC2CCCCCC2)cc1S(=O)(=O)N(C)C. The van der Waals surface area contributed by atoms with Crippen LogP contribution in [0.4, 0.5) is 0 Å². The average molecular weight is 427 g/mol. The second-order valence-corrected chi connectivity index (χ2v) is 9.52. The number of hydrogen-bond donors (Lipinski definition) is 1. The van der Waals surface area contributed by atoms with Crippen molar-refractivity contribution >= 4 is 21.9 Å². The number of nitrogens with zero attached hydrogens (tertiary/aromatic N) is 1. The highest BCUT2D eigenvalue weighted by Crippen LogP contribution is 2.27. The lowest BCUT2D eigenvalue weighted by atomic mass is 10.1. The zero-order valence-electron chi connectivity index (χ0n) is 17.4. The van der Waals surface area contributed by atoms with Gasteiger partial charge < -0.3 is 14.8 Å². The minimum atomic E-state index is -3.82. The van der Waals surface area contributed by atoms with Gasteiger partial charge in [0, 0.05) is 20.1 Å². The molecule has 0 bridgehead atoms. The molecule has 0 radical (unpaired) electrons. The van der Waals surface area contributed by atoms with Crippen LogP contribution in [0.15, 0.2) is 23.1 Å². The molecule has 1 saturated carbocycles. The van der Waals surface area contributed by atoms with Gasteiger partial charge in [0.15, 0.2) is 6.10 Å². The zero-order valence-corrected chi connectivity index (χ0v) is 18.3. The van der Waals surface area contributed by atoms with Gasteiger partial charge in [-0.3, -0.25) is 4.79 Å². The molecule has 1 aromatic rings. The van der Waals surface area contributed by atoms with E-state index in [1.165, 1.54) is 59.2 Å². The van der Waals surface area contributed by atoms with E-state index < -0.39 is 22.1 Å². The fourth-order valence-corrected chi connectivity index (χ4v) is 4.30. The van der Waals surface area contributed by atoms with Gasteiger partial charge >= 0.3 is 5.97 Å². The first-order valence-corrected chi connectivity index (χ1v) is 11.2. The van der Waals surface area contributed by atoms with Crippen LogP contribution in [0.25, 0.3) is 0 Å². The van der Waals surface area contributed by atoms with Gasteiger partial charge in [-0.15, -0.1) is 0 Å². The third kappa shape index (κ3) is 5.93. The number of hydrogen-bond acceptors (Lipinski definition) is 6. The third-order valence-electron chi connectivity index (χ3n) is 5.01. The summed E-state index contributed by atoms with van der Waals surface area (Å²) in [4.78, 5) is 24.8. The van der Waals surface area contributed by atoms with Gasteiger partial charge in [-0.25, -0.2) is 17.5 Å². The minimum absolute atomic E-state index is 0.0281. The van der Waals surface area contributed by atoms with Crippen molar-refractivity contribution in [2.75, 3.05) is 21.2 Å². The van der Waals surface area contributed by atoms with Gasteiger partial charge in [0.2, 0.25) is 10.0 Å². The second kappa shape index (κ2) is 10.1. The van der Waals surface area contributed by atoms with Gasteiger partial charge in [0.1, 0.15) is 10.6 Å². The van der Waals surface area contributed by atoms with E-state index in [4.69, 9.17) is 9.47 Å². The van der Waals surface area contributed by atoms with Crippen molar-refractivity contribution < 1.29 is 27.5 Å². The Bertz CT molecular complexity index is 829. The van der Waals surface area contributed by atoms with Crippen molar-refractivity contribution in [2.45, 2.75) is 62.5 Å². The van der Waals surface area contributed by atoms with Crippen LogP contribution in [0.5, 0.6) is 5.75 Å². The molecule has 0 spiro atoms. The van der Waals surface area contributed by atoms with Gasteiger partial charge in [-0.2, -0.15) is 0 Å². The van der Waals surface area contributed by atoms with E-state index in [-0.39, 0.29) is 28.2 Å². The molecule has 0 aromatic heterocycles. The lowest BCUT2D eigenvalue weighted by Gasteiger charge is -2.20. The maximum Gasteiger partial charge on any atom is 0.338 e. The molecule has 1 aromatic carbocycles. The molecule has 2 rings (SSSR count). The summed E-state index contributed by atoms with van der Waals surface area (Å²) < 4.78 is 36.4. The van der Waals surface area contributed by atoms with Crippen molar-refractivity contribution in [2.24, 2.45) is 0 Å². The molecule has 0 unspecified atom stereocenters. The quantitative estimate of drug-likeness (QED) is 0.530. The van der Waals surface area contributed by atoms with Crippen molar-refractivity contribution in [3.05, 3.63) is 23.8 Å². The standard InChI is InChI=1S/C20H30N2O6S/c1-14(19(23)21-16-9-7-5-6-8-10-16)28-20(24)15-11-12-17(27-4)18(13-15)29(25,26)22(2)3/h11-14,16H,5-10H2,1-4H3,(H,21,23)/t14-/m1/s1. The number of nitrogens with one attached hydrogen (secondary N) is 1. The van der Waals surface area contributed by atoms with Crippen molar-refractivity contribution in [1.29, 1.82) is 0 Å². The molecule has 1 aliphatic carbocycles. The van der Waals surface area contributed by atoms with E-state index in [0.29, 0.717) is 0 Å². The van der Waals surface area contributed by atoms with E-state index in [1.54, 1.807) is 0 Å². The Morgan fingerprint density at radius 1 is 1.14 bits per heavy atom. The highest BCUT2D eigenvalue weighted by atomic mass is 32.2. The van der Waals surface area contributed by atoms with E-state index in [9.17, 15) is 18.0 Å². The molecule has 1 fully saturated rings. The van der Waals surface area contributed by atoms with E-state index in [1.807, 2.05) is 0 Å². The van der Waals surface area contributed by atoms with Gasteiger partial charge in [0.05, 0.1) is 12.7 Å². The lowest BCUT2D eigenvalue weighted by Crippen LogP contribution is -2.41. The van der Waals surface area contributed by atoms with E-state index in [2.05, 4.69) is 5.32 Å². The van der Waals surface area contributed by atoms with Crippen LogP contribution in [0.1, 0.15) is 55.8 Å². The Morgan fingerprint density at radius 2 is 1.76 bits per heavy atom. The maximum absolute atomic E-state index is 12.5. The first-order chi connectivity index (χ1) is 13.7. The topological polar surface area (TPSA) is 102 Å². The van der Waals surface area contributed by atoms with Crippen LogP contribution in [0.3, 0.4) is 0 Å². The summed E-state index contributed by atoms with van der Waals surface area (Å²) >= 11 is 0. The van der Waals surface area contributed by atoms with Crippen LogP contribution in [0.2, 0.25) is 0 Å². The summed E-state index contributed by atoms with van der Waals surface area (Å²) in [6.07, 6.45) is 5.37. The van der Waals surface area contributed by atoms with E-state index >= 15 is 0 Å². The molecule has 0 saturated heterocycles. The summed E-state index contributed by atoms with van der Waals surface area (Å²) in [6, 6.07) is 4.10. The Morgan fingerprint density at radius 3 is 2.31 bits per heavy atom. The number of sulfonamides is 1. The number of esters is 1. The highest BCUT2D eigenvalue weighted by molar-refractivity contribution is 7.89. The summed E-state index contributed by atoms with van der Waals surface area (Å²) in [5, 5.41) is 2.95. The predicted octanol–water partition coefficient (Wildman–Crippen LogP) is 2.33. The van der Waals surface area contributed by atoms with Crippen LogP contribution in [0, 0.1) is 0 Å². The van der Waals surface area contributed by atoms with Gasteiger partial charge in [-0.1, -0.05) is 25.7 Å². The molecule has 29 heavy (non-hydrogen) atoms. The molecule has 8 nitrogen and oxygen atoms in total. The maximum atomic E-state index is 12.5. The normalized spacial score (nSPS) is 16.7. The van der Waals surface area contributed by atoms with Crippen molar-refractivity contribution in [3.8, 4) is 5.75 Å². The molecule has 9 heteroatoms. The molecule has 0 heterocycles. The van der Waals surface area contributed by atoms with Crippen molar-refractivity contribution in [1.82, 2.24) is 9.62 Å². The smallest absolute Gasteiger partial charge is 0.338 e. The number of methoxy groups -OCH3 is 1. The second-order valence-electron chi connectivity index (χ2n) is 7.40. The summed E-state index contributed by atoms with van der Waals surface area (Å²) in [5.41, 5.74) is 0.0281. The molecule has 162 valence electrons. The summed E-state index contributed by atoms with van der Waals surface area (Å²) in [5.74, 6) is -0.999. The number of benzene rings is 1. The average Bonchev–Trinajstić information content (AvgIpc) is 2.95. The Labute approximate surface area is 172 Å². The monoisotopic (exact) mass is 426 g/mol. The third-order valence-corrected chi connectivity index (χ3v) is 6.85. The van der Waals surface area contributed by atoms with Crippen LogP contribution >= 0.6 is 0 Å². The summed E-state index contributed by atoms with van der Waals surface area (Å²) in [6.45, 7) is 1.50. The molecule has 1 N–H and O–H groups in total. The van der Waals surface area contributed by atoms with Gasteiger partial charge in [-0.05, 0) is 38.0 Å². The fraction of sp³-hybridized carbons (Fsp3) is 0.600. The number of carbonyl (C=O) groups excluding carboxylic acids is 2. The molecular weight excluding hydrogens is 396 g/mol. The molecule has 1 atom stereocenters. The number of amides is 1. The lowest BCUT2D eigenvalue weighted by molar-refractivity contribution is -0.129. The first-order valence-electron chi connectivity index (χ1n) is 9.78. The van der Waals surface area contributed by atoms with E-state index in [0.717, 1.165) is 30.0 Å². The number of rotatable bonds is 7. The number of ether oxygens (including phenoxy) is 2. The largest absolute Gasteiger partial charge is 0.495 e. The fourth-order valence-electron chi connectivity index (χ4n) is 3.23. The molecular formula is C20H30N2O6S. The van der Waals surface area contributed by atoms with Crippen LogP contribution in [-0.2, 0) is 19.6 Å². The minimum Gasteiger partial charge on any atom is -0.495 e. The highest BCUT2D eigenvalue weighted by Gasteiger charge is 2.26. The van der Waals surface area contributed by atoms with Gasteiger partial charge in [0.25, 0.3) is 5.91 Å². The first kappa shape index (κ1) is 23.2. The molecule has 1 aliphatic rings.